The summed E-state index contributed by atoms with van der Waals surface area (Å²) in [4.78, 5) is 18.1. The fourth-order valence-electron chi connectivity index (χ4n) is 1.45. The second-order valence-electron chi connectivity index (χ2n) is 12.1. The Labute approximate surface area is 324 Å². The minimum atomic E-state index is -1.39. The maximum Gasteiger partial charge on any atom is 1.00 e. The summed E-state index contributed by atoms with van der Waals surface area (Å²) in [5.74, 6) is 0. The summed E-state index contributed by atoms with van der Waals surface area (Å²) in [5.41, 5.74) is 1.41. The van der Waals surface area contributed by atoms with E-state index in [1.54, 1.807) is 0 Å². The zero-order chi connectivity index (χ0) is 25.4. The van der Waals surface area contributed by atoms with Crippen LogP contribution in [0.3, 0.4) is 0 Å². The van der Waals surface area contributed by atoms with Crippen LogP contribution < -0.4 is 108 Å². The molecule has 0 saturated heterocycles. The van der Waals surface area contributed by atoms with Crippen LogP contribution in [0.2, 0.25) is 0 Å². The Bertz CT molecular complexity index is 379. The number of thiol groups is 2. The monoisotopic (exact) mass is 608 g/mol. The Morgan fingerprint density at radius 1 is 0.583 bits per heavy atom. The maximum atomic E-state index is 9.31. The van der Waals surface area contributed by atoms with Crippen LogP contribution in [-0.2, 0) is 4.79 Å². The maximum absolute atomic E-state index is 9.31. The molecule has 0 aliphatic heterocycles. The van der Waals surface area contributed by atoms with E-state index in [9.17, 15) is 4.79 Å². The Morgan fingerprint density at radius 2 is 0.667 bits per heavy atom. The van der Waals surface area contributed by atoms with Gasteiger partial charge in [0.1, 0.15) is 0 Å². The van der Waals surface area contributed by atoms with E-state index < -0.39 is 5.30 Å². The van der Waals surface area contributed by atoms with E-state index in [0.717, 1.165) is 26.2 Å². The molecule has 0 heterocycles. The van der Waals surface area contributed by atoms with Crippen molar-refractivity contribution in [3.63, 3.8) is 0 Å². The van der Waals surface area contributed by atoms with Gasteiger partial charge in [0.2, 0.25) is 0 Å². The SMILES string of the molecule is C.C.C.CC(=O)S.CC(C)(C)C[N-]CC(C)(C)C.CC(C)(C)C[N-]CC(C)(C)C.O=C([O-])S.[K+].[K+].[OH-]. The van der Waals surface area contributed by atoms with Gasteiger partial charge in [0.15, 0.2) is 5.12 Å². The van der Waals surface area contributed by atoms with Crippen molar-refractivity contribution >= 4 is 35.7 Å². The van der Waals surface area contributed by atoms with Crippen LogP contribution >= 0.6 is 25.3 Å². The molecule has 36 heavy (non-hydrogen) atoms. The zero-order valence-corrected chi connectivity index (χ0v) is 32.3. The van der Waals surface area contributed by atoms with Gasteiger partial charge in [-0.1, -0.05) is 127 Å². The molecule has 0 rings (SSSR count). The third-order valence-corrected chi connectivity index (χ3v) is 2.34. The number of carbonyl (C=O) groups is 2. The van der Waals surface area contributed by atoms with Crippen LogP contribution in [-0.4, -0.2) is 42.1 Å². The first-order valence-corrected chi connectivity index (χ1v) is 11.1. The second-order valence-corrected chi connectivity index (χ2v) is 13.1. The van der Waals surface area contributed by atoms with E-state index in [0.29, 0.717) is 21.7 Å². The molecule has 216 valence electrons. The topological polar surface area (TPSA) is 115 Å². The molecule has 0 amide bonds. The molecule has 0 spiro atoms. The van der Waals surface area contributed by atoms with Gasteiger partial charge < -0.3 is 26.0 Å². The van der Waals surface area contributed by atoms with Crippen LogP contribution in [0.5, 0.6) is 0 Å². The number of nitrogens with zero attached hydrogens (tertiary/aromatic N) is 2. The molecule has 6 nitrogen and oxygen atoms in total. The summed E-state index contributed by atoms with van der Waals surface area (Å²) in [7, 11) is 0. The van der Waals surface area contributed by atoms with Crippen molar-refractivity contribution in [2.24, 2.45) is 21.7 Å². The number of carboxylic acid groups (broad SMARTS) is 1. The molecule has 10 heteroatoms. The number of carbonyl (C=O) groups excluding carboxylic acids is 2. The van der Waals surface area contributed by atoms with Crippen molar-refractivity contribution < 1.29 is 123 Å². The Kier molecular flexibility index (Phi) is 63.6. The normalized spacial score (nSPS) is 9.75. The van der Waals surface area contributed by atoms with Crippen LogP contribution in [0.1, 0.15) is 112 Å². The molecule has 0 aromatic carbocycles. The molecule has 0 radical (unpaired) electrons. The molecular formula is C26H62K2N2O4S2-2. The fraction of sp³-hybridized carbons (Fsp3) is 0.923. The van der Waals surface area contributed by atoms with Crippen molar-refractivity contribution in [2.45, 2.75) is 112 Å². The molecule has 0 unspecified atom stereocenters. The fourth-order valence-corrected chi connectivity index (χ4v) is 1.45. The van der Waals surface area contributed by atoms with Crippen molar-refractivity contribution in [2.75, 3.05) is 26.2 Å². The molecule has 0 aliphatic rings. The quantitative estimate of drug-likeness (QED) is 0.377. The number of hydrogen-bond donors (Lipinski definition) is 2. The van der Waals surface area contributed by atoms with Crippen LogP contribution in [0.15, 0.2) is 0 Å². The molecule has 0 bridgehead atoms. The third kappa shape index (κ3) is 133. The zero-order valence-electron chi connectivity index (χ0n) is 24.3. The first-order valence-electron chi connectivity index (χ1n) is 10.2. The van der Waals surface area contributed by atoms with E-state index in [-0.39, 0.29) is 136 Å². The van der Waals surface area contributed by atoms with E-state index in [4.69, 9.17) is 9.90 Å². The van der Waals surface area contributed by atoms with E-state index in [1.165, 1.54) is 6.92 Å². The molecule has 0 aromatic rings. The largest absolute Gasteiger partial charge is 1.00 e. The second kappa shape index (κ2) is 34.2. The van der Waals surface area contributed by atoms with Gasteiger partial charge in [0.05, 0.1) is 5.30 Å². The summed E-state index contributed by atoms with van der Waals surface area (Å²) in [6, 6.07) is 0. The van der Waals surface area contributed by atoms with Crippen LogP contribution in [0, 0.1) is 21.7 Å². The van der Waals surface area contributed by atoms with Crippen molar-refractivity contribution in [3.05, 3.63) is 10.6 Å². The van der Waals surface area contributed by atoms with Gasteiger partial charge in [-0.05, 0) is 0 Å². The predicted octanol–water partition coefficient (Wildman–Crippen LogP) is 2.37. The third-order valence-electron chi connectivity index (χ3n) is 2.34. The summed E-state index contributed by atoms with van der Waals surface area (Å²) in [5, 5.41) is 16.3. The standard InChI is InChI=1S/2C10H22N.C2H4OS.CH2O2S.3CH4.2K.H2O/c2*1-9(2,3)7-11-8-10(4,5)6;1-2(3)4;2-1(3)4;;;;;;/h2*7-8H2,1-6H3;1H3,(H,3,4);4H,(H,2,3);3*1H4;;;1H2/q2*-1;;;;;;2*+1;/p-2. The smallest absolute Gasteiger partial charge is 0.870 e. The van der Waals surface area contributed by atoms with Gasteiger partial charge in [-0.15, -0.1) is 51.4 Å². The molecule has 0 atom stereocenters. The van der Waals surface area contributed by atoms with Gasteiger partial charge in [-0.2, -0.15) is 0 Å². The van der Waals surface area contributed by atoms with Gasteiger partial charge >= 0.3 is 103 Å². The predicted molar refractivity (Wildman–Crippen MR) is 160 cm³/mol. The van der Waals surface area contributed by atoms with Crippen molar-refractivity contribution in [1.82, 2.24) is 0 Å². The van der Waals surface area contributed by atoms with Gasteiger partial charge in [-0.25, -0.2) is 0 Å². The Hall–Kier alpha value is 2.99. The summed E-state index contributed by atoms with van der Waals surface area (Å²) >= 11 is 6.10. The van der Waals surface area contributed by atoms with Crippen LogP contribution in [0.4, 0.5) is 4.79 Å². The summed E-state index contributed by atoms with van der Waals surface area (Å²) in [6.07, 6.45) is 0. The average Bonchev–Trinajstić information content (AvgIpc) is 2.30. The summed E-state index contributed by atoms with van der Waals surface area (Å²) < 4.78 is 0. The van der Waals surface area contributed by atoms with E-state index in [1.807, 2.05) is 0 Å². The van der Waals surface area contributed by atoms with Gasteiger partial charge in [0.25, 0.3) is 0 Å². The first kappa shape index (κ1) is 67.0. The molecule has 0 aliphatic carbocycles. The molecule has 0 saturated carbocycles. The van der Waals surface area contributed by atoms with Gasteiger partial charge in [0, 0.05) is 6.92 Å². The Balaban J connectivity index is -0.0000000321. The Morgan fingerprint density at radius 3 is 0.722 bits per heavy atom. The first-order chi connectivity index (χ1) is 12.9. The number of hydrogen-bond acceptors (Lipinski definition) is 4. The minimum absolute atomic E-state index is 0. The van der Waals surface area contributed by atoms with Crippen molar-refractivity contribution in [1.29, 1.82) is 0 Å². The van der Waals surface area contributed by atoms with Crippen LogP contribution in [0.25, 0.3) is 10.6 Å². The van der Waals surface area contributed by atoms with E-state index in [2.05, 4.69) is 119 Å². The van der Waals surface area contributed by atoms with Gasteiger partial charge in [-0.3, -0.25) is 4.79 Å². The minimum Gasteiger partial charge on any atom is -0.870 e. The molecule has 0 aromatic heterocycles. The number of rotatable bonds is 4. The van der Waals surface area contributed by atoms with E-state index >= 15 is 0 Å². The molecule has 1 N–H and O–H groups in total. The molecule has 0 fully saturated rings. The average molecular weight is 609 g/mol. The molecular weight excluding hydrogens is 547 g/mol. The van der Waals surface area contributed by atoms with Crippen molar-refractivity contribution in [3.8, 4) is 0 Å². The summed E-state index contributed by atoms with van der Waals surface area (Å²) in [6.45, 7) is 32.0.